The second kappa shape index (κ2) is 9.23. The fourth-order valence-electron chi connectivity index (χ4n) is 2.31. The molecule has 1 aromatic rings. The van der Waals surface area contributed by atoms with Gasteiger partial charge in [0.05, 0.1) is 19.8 Å². The molecule has 0 aliphatic carbocycles. The molecule has 1 amide bonds. The van der Waals surface area contributed by atoms with Crippen molar-refractivity contribution in [3.05, 3.63) is 23.8 Å². The average molecular weight is 294 g/mol. The largest absolute Gasteiger partial charge is 0.497 e. The summed E-state index contributed by atoms with van der Waals surface area (Å²) in [5.74, 6) is 1.47. The second-order valence-electron chi connectivity index (χ2n) is 5.01. The van der Waals surface area contributed by atoms with Crippen molar-refractivity contribution in [2.24, 2.45) is 11.7 Å². The van der Waals surface area contributed by atoms with Gasteiger partial charge in [0.25, 0.3) is 5.91 Å². The lowest BCUT2D eigenvalue weighted by atomic mass is 9.99. The SMILES string of the molecule is CCCC(CCN)CNC(=O)c1ccc(OC)cc1OC. The van der Waals surface area contributed by atoms with E-state index in [1.165, 1.54) is 0 Å². The highest BCUT2D eigenvalue weighted by Gasteiger charge is 2.15. The summed E-state index contributed by atoms with van der Waals surface area (Å²) in [4.78, 5) is 12.3. The third-order valence-electron chi connectivity index (χ3n) is 3.48. The number of nitrogens with two attached hydrogens (primary N) is 1. The molecule has 1 rings (SSSR count). The summed E-state index contributed by atoms with van der Waals surface area (Å²) in [5.41, 5.74) is 6.12. The van der Waals surface area contributed by atoms with Crippen LogP contribution >= 0.6 is 0 Å². The maximum atomic E-state index is 12.3. The van der Waals surface area contributed by atoms with Gasteiger partial charge in [0.15, 0.2) is 0 Å². The highest BCUT2D eigenvalue weighted by molar-refractivity contribution is 5.97. The topological polar surface area (TPSA) is 73.6 Å². The summed E-state index contributed by atoms with van der Waals surface area (Å²) < 4.78 is 10.4. The average Bonchev–Trinajstić information content (AvgIpc) is 2.52. The first kappa shape index (κ1) is 17.3. The quantitative estimate of drug-likeness (QED) is 0.732. The van der Waals surface area contributed by atoms with Gasteiger partial charge in [-0.1, -0.05) is 13.3 Å². The lowest BCUT2D eigenvalue weighted by Crippen LogP contribution is -2.30. The lowest BCUT2D eigenvalue weighted by Gasteiger charge is -2.17. The van der Waals surface area contributed by atoms with Gasteiger partial charge in [-0.05, 0) is 37.4 Å². The smallest absolute Gasteiger partial charge is 0.255 e. The monoisotopic (exact) mass is 294 g/mol. The molecule has 0 spiro atoms. The van der Waals surface area contributed by atoms with E-state index in [0.717, 1.165) is 19.3 Å². The molecule has 5 nitrogen and oxygen atoms in total. The van der Waals surface area contributed by atoms with Gasteiger partial charge >= 0.3 is 0 Å². The zero-order valence-electron chi connectivity index (χ0n) is 13.1. The number of nitrogens with one attached hydrogen (secondary N) is 1. The summed E-state index contributed by atoms with van der Waals surface area (Å²) in [7, 11) is 3.12. The minimum absolute atomic E-state index is 0.132. The van der Waals surface area contributed by atoms with Crippen molar-refractivity contribution in [2.45, 2.75) is 26.2 Å². The Balaban J connectivity index is 2.70. The van der Waals surface area contributed by atoms with Crippen LogP contribution in [-0.2, 0) is 0 Å². The van der Waals surface area contributed by atoms with Crippen molar-refractivity contribution in [2.75, 3.05) is 27.3 Å². The minimum Gasteiger partial charge on any atom is -0.497 e. The molecule has 0 bridgehead atoms. The number of carbonyl (C=O) groups is 1. The predicted molar refractivity (Wildman–Crippen MR) is 83.9 cm³/mol. The van der Waals surface area contributed by atoms with Crippen molar-refractivity contribution >= 4 is 5.91 Å². The fourth-order valence-corrected chi connectivity index (χ4v) is 2.31. The van der Waals surface area contributed by atoms with Gasteiger partial charge in [0.2, 0.25) is 0 Å². The number of ether oxygens (including phenoxy) is 2. The van der Waals surface area contributed by atoms with Crippen LogP contribution in [0, 0.1) is 5.92 Å². The van der Waals surface area contributed by atoms with Crippen LogP contribution < -0.4 is 20.5 Å². The number of hydrogen-bond donors (Lipinski definition) is 2. The van der Waals surface area contributed by atoms with Gasteiger partial charge in [0.1, 0.15) is 11.5 Å². The van der Waals surface area contributed by atoms with Gasteiger partial charge in [-0.25, -0.2) is 0 Å². The number of carbonyl (C=O) groups excluding carboxylic acids is 1. The minimum atomic E-state index is -0.132. The van der Waals surface area contributed by atoms with Crippen molar-refractivity contribution < 1.29 is 14.3 Å². The van der Waals surface area contributed by atoms with Gasteiger partial charge < -0.3 is 20.5 Å². The van der Waals surface area contributed by atoms with Crippen LogP contribution in [0.1, 0.15) is 36.5 Å². The Labute approximate surface area is 126 Å². The third kappa shape index (κ3) is 5.27. The molecule has 0 saturated heterocycles. The number of methoxy groups -OCH3 is 2. The summed E-state index contributed by atoms with van der Waals surface area (Å²) in [6.45, 7) is 3.42. The molecule has 0 aromatic heterocycles. The third-order valence-corrected chi connectivity index (χ3v) is 3.48. The van der Waals surface area contributed by atoms with Gasteiger partial charge in [-0.2, -0.15) is 0 Å². The van der Waals surface area contributed by atoms with E-state index >= 15 is 0 Å². The van der Waals surface area contributed by atoms with Crippen LogP contribution in [0.3, 0.4) is 0 Å². The first-order valence-electron chi connectivity index (χ1n) is 7.36. The molecule has 0 saturated carbocycles. The highest BCUT2D eigenvalue weighted by atomic mass is 16.5. The Morgan fingerprint density at radius 1 is 1.29 bits per heavy atom. The van der Waals surface area contributed by atoms with E-state index in [2.05, 4.69) is 12.2 Å². The molecule has 0 aliphatic heterocycles. The van der Waals surface area contributed by atoms with E-state index in [-0.39, 0.29) is 5.91 Å². The summed E-state index contributed by atoms with van der Waals surface area (Å²) >= 11 is 0. The molecule has 3 N–H and O–H groups in total. The van der Waals surface area contributed by atoms with E-state index in [1.807, 2.05) is 0 Å². The van der Waals surface area contributed by atoms with E-state index in [9.17, 15) is 4.79 Å². The molecule has 5 heteroatoms. The first-order valence-corrected chi connectivity index (χ1v) is 7.36. The van der Waals surface area contributed by atoms with E-state index in [4.69, 9.17) is 15.2 Å². The Morgan fingerprint density at radius 2 is 2.05 bits per heavy atom. The molecular formula is C16H26N2O3. The van der Waals surface area contributed by atoms with E-state index in [1.54, 1.807) is 32.4 Å². The maximum Gasteiger partial charge on any atom is 0.255 e. The number of benzene rings is 1. The molecule has 0 heterocycles. The first-order chi connectivity index (χ1) is 10.2. The van der Waals surface area contributed by atoms with Crippen LogP contribution in [0.25, 0.3) is 0 Å². The summed E-state index contributed by atoms with van der Waals surface area (Å²) in [5, 5.41) is 2.97. The predicted octanol–water partition coefficient (Wildman–Crippen LogP) is 2.20. The van der Waals surface area contributed by atoms with Gasteiger partial charge in [-0.15, -0.1) is 0 Å². The summed E-state index contributed by atoms with van der Waals surface area (Å²) in [6, 6.07) is 5.17. The number of rotatable bonds is 9. The number of amides is 1. The van der Waals surface area contributed by atoms with E-state index in [0.29, 0.717) is 36.1 Å². The van der Waals surface area contributed by atoms with E-state index < -0.39 is 0 Å². The van der Waals surface area contributed by atoms with Gasteiger partial charge in [-0.3, -0.25) is 4.79 Å². The van der Waals surface area contributed by atoms with Crippen LogP contribution in [0.15, 0.2) is 18.2 Å². The molecule has 21 heavy (non-hydrogen) atoms. The Kier molecular flexibility index (Phi) is 7.61. The van der Waals surface area contributed by atoms with Crippen LogP contribution in [0.2, 0.25) is 0 Å². The molecule has 1 aromatic carbocycles. The molecule has 0 fully saturated rings. The maximum absolute atomic E-state index is 12.3. The number of hydrogen-bond acceptors (Lipinski definition) is 4. The van der Waals surface area contributed by atoms with Crippen LogP contribution in [0.5, 0.6) is 11.5 Å². The molecule has 1 atom stereocenters. The highest BCUT2D eigenvalue weighted by Crippen LogP contribution is 2.24. The standard InChI is InChI=1S/C16H26N2O3/c1-4-5-12(8-9-17)11-18-16(19)14-7-6-13(20-2)10-15(14)21-3/h6-7,10,12H,4-5,8-9,11,17H2,1-3H3,(H,18,19). The Morgan fingerprint density at radius 3 is 2.62 bits per heavy atom. The Bertz CT molecular complexity index is 443. The zero-order chi connectivity index (χ0) is 15.7. The molecular weight excluding hydrogens is 268 g/mol. The molecule has 118 valence electrons. The van der Waals surface area contributed by atoms with Crippen molar-refractivity contribution in [1.29, 1.82) is 0 Å². The normalized spacial score (nSPS) is 11.8. The molecule has 0 radical (unpaired) electrons. The summed E-state index contributed by atoms with van der Waals surface area (Å²) in [6.07, 6.45) is 3.08. The second-order valence-corrected chi connectivity index (χ2v) is 5.01. The zero-order valence-corrected chi connectivity index (χ0v) is 13.1. The van der Waals surface area contributed by atoms with Crippen molar-refractivity contribution in [3.8, 4) is 11.5 Å². The fraction of sp³-hybridized carbons (Fsp3) is 0.562. The molecule has 1 unspecified atom stereocenters. The van der Waals surface area contributed by atoms with Crippen molar-refractivity contribution in [1.82, 2.24) is 5.32 Å². The lowest BCUT2D eigenvalue weighted by molar-refractivity contribution is 0.0942. The van der Waals surface area contributed by atoms with Crippen molar-refractivity contribution in [3.63, 3.8) is 0 Å². The molecule has 0 aliphatic rings. The van der Waals surface area contributed by atoms with Crippen LogP contribution in [0.4, 0.5) is 0 Å². The Hall–Kier alpha value is -1.75. The van der Waals surface area contributed by atoms with Crippen LogP contribution in [-0.4, -0.2) is 33.2 Å². The van der Waals surface area contributed by atoms with Gasteiger partial charge in [0, 0.05) is 12.6 Å².